The molecule has 1 saturated carbocycles. The Morgan fingerprint density at radius 3 is 0.759 bits per heavy atom. The molecule has 8 aliphatic rings. The third kappa shape index (κ3) is 12.0. The highest BCUT2D eigenvalue weighted by Gasteiger charge is 2.50. The number of nitrogens with zero attached hydrogens (tertiary/aromatic N) is 7. The lowest BCUT2D eigenvalue weighted by Crippen LogP contribution is -2.62. The summed E-state index contributed by atoms with van der Waals surface area (Å²) in [5.41, 5.74) is 2.83. The molecule has 0 aromatic carbocycles. The Kier molecular flexibility index (Phi) is 16.9. The lowest BCUT2D eigenvalue weighted by atomic mass is 9.55. The topological polar surface area (TPSA) is 22.7 Å². The predicted molar refractivity (Wildman–Crippen MR) is 252 cm³/mol. The lowest BCUT2D eigenvalue weighted by molar-refractivity contribution is -0.0662. The van der Waals surface area contributed by atoms with Crippen LogP contribution in [0.5, 0.6) is 0 Å². The van der Waals surface area contributed by atoms with Crippen molar-refractivity contribution in [3.63, 3.8) is 0 Å². The van der Waals surface area contributed by atoms with Crippen LogP contribution in [0.25, 0.3) is 0 Å². The van der Waals surface area contributed by atoms with E-state index in [2.05, 4.69) is 145 Å². The zero-order valence-electron chi connectivity index (χ0n) is 41.9. The maximum Gasteiger partial charge on any atom is 0.00972 e. The summed E-state index contributed by atoms with van der Waals surface area (Å²) in [4.78, 5) is 18.4. The van der Waals surface area contributed by atoms with Crippen LogP contribution in [-0.2, 0) is 0 Å². The van der Waals surface area contributed by atoms with Gasteiger partial charge in [-0.3, -0.25) is 14.7 Å². The third-order valence-electron chi connectivity index (χ3n) is 17.3. The van der Waals surface area contributed by atoms with Crippen molar-refractivity contribution < 1.29 is 0 Å². The molecule has 0 amide bonds. The first-order valence-corrected chi connectivity index (χ1v) is 25.3. The van der Waals surface area contributed by atoms with Crippen molar-refractivity contribution in [3.8, 4) is 0 Å². The van der Waals surface area contributed by atoms with Crippen LogP contribution in [-0.4, -0.2) is 168 Å². The van der Waals surface area contributed by atoms with Crippen molar-refractivity contribution in [3.05, 3.63) is 0 Å². The zero-order valence-corrected chi connectivity index (χ0v) is 41.9. The van der Waals surface area contributed by atoms with Gasteiger partial charge >= 0.3 is 0 Å². The van der Waals surface area contributed by atoms with Gasteiger partial charge in [-0.2, -0.15) is 0 Å². The molecule has 8 fully saturated rings. The molecule has 0 bridgehead atoms. The highest BCUT2D eigenvalue weighted by molar-refractivity contribution is 5.04. The molecule has 0 aromatic rings. The highest BCUT2D eigenvalue weighted by atomic mass is 15.3. The van der Waals surface area contributed by atoms with E-state index in [0.29, 0.717) is 16.2 Å². The minimum absolute atomic E-state index is 0.675. The van der Waals surface area contributed by atoms with Crippen molar-refractivity contribution in [1.29, 1.82) is 0 Å². The minimum Gasteiger partial charge on any atom is -0.301 e. The Morgan fingerprint density at radius 2 is 0.500 bits per heavy atom. The van der Waals surface area contributed by atoms with Gasteiger partial charge in [-0.05, 0) is 210 Å². The second kappa shape index (κ2) is 20.0. The van der Waals surface area contributed by atoms with Crippen LogP contribution in [0.4, 0.5) is 0 Å². The highest BCUT2D eigenvalue weighted by Crippen LogP contribution is 2.55. The first-order chi connectivity index (χ1) is 27.1. The van der Waals surface area contributed by atoms with E-state index in [1.54, 1.807) is 0 Å². The van der Waals surface area contributed by atoms with Gasteiger partial charge in [0.25, 0.3) is 0 Å². The SMILES string of the molecule is CC(C)C1CC2(CCN(C(C)C)CC2)C1.CC(C)N1CCC2(C1)CN(C(C)C)C2.CC(C)N1CCC2(C1)CN(C(C)C)C2.CC(C)N1CCC2(CC1)CN(C(C)C)C2. The van der Waals surface area contributed by atoms with E-state index in [4.69, 9.17) is 0 Å². The summed E-state index contributed by atoms with van der Waals surface area (Å²) in [5.74, 6) is 1.95. The van der Waals surface area contributed by atoms with Crippen LogP contribution in [0.1, 0.15) is 162 Å². The first kappa shape index (κ1) is 48.7. The van der Waals surface area contributed by atoms with Crippen LogP contribution < -0.4 is 0 Å². The van der Waals surface area contributed by atoms with Gasteiger partial charge in [0.05, 0.1) is 0 Å². The second-order valence-corrected chi connectivity index (χ2v) is 24.3. The van der Waals surface area contributed by atoms with Gasteiger partial charge in [-0.15, -0.1) is 0 Å². The Balaban J connectivity index is 0.000000147. The van der Waals surface area contributed by atoms with E-state index in [9.17, 15) is 0 Å². The lowest BCUT2D eigenvalue weighted by Gasteiger charge is -2.56. The largest absolute Gasteiger partial charge is 0.301 e. The maximum absolute atomic E-state index is 2.65. The molecule has 8 rings (SSSR count). The molecule has 340 valence electrons. The fourth-order valence-electron chi connectivity index (χ4n) is 12.2. The summed E-state index contributed by atoms with van der Waals surface area (Å²) >= 11 is 0. The van der Waals surface area contributed by atoms with Crippen molar-refractivity contribution in [2.75, 3.05) is 91.6 Å². The number of hydrogen-bond donors (Lipinski definition) is 0. The Labute approximate surface area is 362 Å². The number of rotatable bonds is 8. The van der Waals surface area contributed by atoms with E-state index in [0.717, 1.165) is 59.5 Å². The minimum atomic E-state index is 0.675. The normalized spacial score (nSPS) is 27.7. The van der Waals surface area contributed by atoms with Gasteiger partial charge in [-0.1, -0.05) is 13.8 Å². The molecule has 4 spiro atoms. The molecule has 7 nitrogen and oxygen atoms in total. The van der Waals surface area contributed by atoms with Gasteiger partial charge in [0.15, 0.2) is 0 Å². The third-order valence-corrected chi connectivity index (χ3v) is 17.3. The molecule has 0 unspecified atom stereocenters. The quantitative estimate of drug-likeness (QED) is 0.241. The smallest absolute Gasteiger partial charge is 0.00972 e. The Morgan fingerprint density at radius 1 is 0.276 bits per heavy atom. The molecule has 58 heavy (non-hydrogen) atoms. The van der Waals surface area contributed by atoms with Crippen molar-refractivity contribution >= 4 is 0 Å². The van der Waals surface area contributed by atoms with Crippen molar-refractivity contribution in [2.45, 2.75) is 204 Å². The van der Waals surface area contributed by atoms with Gasteiger partial charge in [0.2, 0.25) is 0 Å². The molecular weight excluding hydrogens is 711 g/mol. The number of piperidine rings is 2. The van der Waals surface area contributed by atoms with E-state index in [1.807, 2.05) is 0 Å². The van der Waals surface area contributed by atoms with Crippen LogP contribution >= 0.6 is 0 Å². The molecule has 7 heterocycles. The summed E-state index contributed by atoms with van der Waals surface area (Å²) in [6.45, 7) is 56.0. The summed E-state index contributed by atoms with van der Waals surface area (Å²) in [5, 5.41) is 0. The van der Waals surface area contributed by atoms with Crippen molar-refractivity contribution in [2.24, 2.45) is 33.5 Å². The molecule has 7 aliphatic heterocycles. The average Bonchev–Trinajstić information content (AvgIpc) is 3.76. The van der Waals surface area contributed by atoms with Crippen LogP contribution in [0.3, 0.4) is 0 Å². The van der Waals surface area contributed by atoms with Gasteiger partial charge in [-0.25, -0.2) is 0 Å². The molecule has 1 aliphatic carbocycles. The van der Waals surface area contributed by atoms with E-state index in [-0.39, 0.29) is 0 Å². The van der Waals surface area contributed by atoms with E-state index >= 15 is 0 Å². The van der Waals surface area contributed by atoms with Crippen LogP contribution in [0.15, 0.2) is 0 Å². The van der Waals surface area contributed by atoms with E-state index < -0.39 is 0 Å². The first-order valence-electron chi connectivity index (χ1n) is 25.3. The standard InChI is InChI=1S/C14H27N.C13H26N2.2C12H24N2/c1-11(2)13-9-14(10-13)5-7-15(8-6-14)12(3)4;1-11(2)14-7-5-13(6-8-14)9-15(10-13)12(3)4;2*1-10(2)13-6-5-12(7-13)8-14(9-12)11(3)4/h11-13H,5-10H2,1-4H3;11-12H,5-10H2,1-4H3;2*10-11H,5-9H2,1-4H3. The fraction of sp³-hybridized carbons (Fsp3) is 1.00. The zero-order chi connectivity index (χ0) is 42.8. The van der Waals surface area contributed by atoms with Crippen molar-refractivity contribution in [1.82, 2.24) is 34.3 Å². The summed E-state index contributed by atoms with van der Waals surface area (Å²) in [6.07, 6.45) is 11.7. The predicted octanol–water partition coefficient (Wildman–Crippen LogP) is 9.37. The fourth-order valence-corrected chi connectivity index (χ4v) is 12.2. The second-order valence-electron chi connectivity index (χ2n) is 24.3. The van der Waals surface area contributed by atoms with E-state index in [1.165, 1.54) is 143 Å². The van der Waals surface area contributed by atoms with Crippen LogP contribution in [0, 0.1) is 33.5 Å². The van der Waals surface area contributed by atoms with Gasteiger partial charge in [0, 0.05) is 105 Å². The monoisotopic (exact) mass is 812 g/mol. The average molecular weight is 812 g/mol. The number of likely N-dealkylation sites (tertiary alicyclic amines) is 7. The molecule has 0 radical (unpaired) electrons. The van der Waals surface area contributed by atoms with Gasteiger partial charge < -0.3 is 19.6 Å². The molecular formula is C51H101N7. The molecule has 0 N–H and O–H groups in total. The number of hydrogen-bond acceptors (Lipinski definition) is 7. The summed E-state index contributed by atoms with van der Waals surface area (Å²) < 4.78 is 0. The Hall–Kier alpha value is -0.280. The van der Waals surface area contributed by atoms with Crippen LogP contribution in [0.2, 0.25) is 0 Å². The summed E-state index contributed by atoms with van der Waals surface area (Å²) in [6, 6.07) is 5.21. The molecule has 0 atom stereocenters. The summed E-state index contributed by atoms with van der Waals surface area (Å²) in [7, 11) is 0. The maximum atomic E-state index is 2.65. The molecule has 7 saturated heterocycles. The molecule has 0 aromatic heterocycles. The Bertz CT molecular complexity index is 1100. The molecule has 7 heteroatoms. The van der Waals surface area contributed by atoms with Gasteiger partial charge in [0.1, 0.15) is 0 Å².